The summed E-state index contributed by atoms with van der Waals surface area (Å²) in [5.74, 6) is -0.309. The van der Waals surface area contributed by atoms with Crippen LogP contribution < -0.4 is 15.5 Å². The number of guanidine groups is 1. The average Bonchev–Trinajstić information content (AvgIpc) is 3.37. The molecule has 0 radical (unpaired) electrons. The number of hydrogen-bond donors (Lipinski definition) is 2. The number of anilines is 1. The number of nitrogens with one attached hydrogen (secondary N) is 2. The van der Waals surface area contributed by atoms with Gasteiger partial charge in [-0.3, -0.25) is 4.99 Å². The Balaban J connectivity index is 1.42. The number of rotatable bonds is 9. The van der Waals surface area contributed by atoms with Gasteiger partial charge >= 0.3 is 0 Å². The van der Waals surface area contributed by atoms with Gasteiger partial charge in [0.1, 0.15) is 17.3 Å². The van der Waals surface area contributed by atoms with E-state index in [0.29, 0.717) is 32.8 Å². The lowest BCUT2D eigenvalue weighted by molar-refractivity contribution is 0.0171. The smallest absolute Gasteiger partial charge is 0.191 e. The minimum atomic E-state index is -0.519. The lowest BCUT2D eigenvalue weighted by Gasteiger charge is -2.21. The second-order valence-corrected chi connectivity index (χ2v) is 7.47. The first-order valence-electron chi connectivity index (χ1n) is 10.6. The van der Waals surface area contributed by atoms with Gasteiger partial charge in [0.05, 0.1) is 12.7 Å². The third kappa shape index (κ3) is 6.54. The van der Waals surface area contributed by atoms with Crippen LogP contribution in [0.25, 0.3) is 0 Å². The summed E-state index contributed by atoms with van der Waals surface area (Å²) < 4.78 is 39.2. The Labute approximate surface area is 171 Å². The molecule has 2 saturated heterocycles. The first kappa shape index (κ1) is 21.8. The highest BCUT2D eigenvalue weighted by atomic mass is 19.1. The van der Waals surface area contributed by atoms with Gasteiger partial charge in [-0.05, 0) is 44.7 Å². The highest BCUT2D eigenvalue weighted by Crippen LogP contribution is 2.26. The lowest BCUT2D eigenvalue weighted by Crippen LogP contribution is -2.44. The van der Waals surface area contributed by atoms with Crippen molar-refractivity contribution < 1.29 is 18.3 Å². The largest absolute Gasteiger partial charge is 0.379 e. The summed E-state index contributed by atoms with van der Waals surface area (Å²) in [5.41, 5.74) is 0.0575. The van der Waals surface area contributed by atoms with Crippen LogP contribution in [0.3, 0.4) is 0 Å². The fourth-order valence-corrected chi connectivity index (χ4v) is 3.73. The quantitative estimate of drug-likeness (QED) is 0.372. The molecule has 162 valence electrons. The molecule has 2 fully saturated rings. The van der Waals surface area contributed by atoms with E-state index in [0.717, 1.165) is 44.8 Å². The molecule has 3 rings (SSSR count). The van der Waals surface area contributed by atoms with Crippen LogP contribution in [0.1, 0.15) is 32.6 Å². The van der Waals surface area contributed by atoms with Gasteiger partial charge in [-0.2, -0.15) is 0 Å². The number of halogens is 2. The van der Waals surface area contributed by atoms with Crippen LogP contribution in [0.2, 0.25) is 0 Å². The van der Waals surface area contributed by atoms with Crippen LogP contribution in [0, 0.1) is 11.6 Å². The summed E-state index contributed by atoms with van der Waals surface area (Å²) in [6.07, 6.45) is 4.09. The Kier molecular flexibility index (Phi) is 8.49. The van der Waals surface area contributed by atoms with Crippen LogP contribution >= 0.6 is 0 Å². The van der Waals surface area contributed by atoms with Gasteiger partial charge in [-0.1, -0.05) is 6.07 Å². The Morgan fingerprint density at radius 1 is 1.31 bits per heavy atom. The summed E-state index contributed by atoms with van der Waals surface area (Å²) in [4.78, 5) is 6.35. The van der Waals surface area contributed by atoms with Gasteiger partial charge in [-0.25, -0.2) is 8.78 Å². The Hall–Kier alpha value is -1.93. The van der Waals surface area contributed by atoms with Crippen molar-refractivity contribution in [3.63, 3.8) is 0 Å². The molecular formula is C21H32F2N4O2. The molecule has 0 spiro atoms. The highest BCUT2D eigenvalue weighted by Gasteiger charge is 2.27. The molecule has 2 aliphatic heterocycles. The van der Waals surface area contributed by atoms with E-state index in [1.54, 1.807) is 4.90 Å². The molecule has 0 amide bonds. The van der Waals surface area contributed by atoms with E-state index in [4.69, 9.17) is 9.47 Å². The summed E-state index contributed by atoms with van der Waals surface area (Å²) in [5, 5.41) is 6.62. The Morgan fingerprint density at radius 3 is 2.86 bits per heavy atom. The predicted octanol–water partition coefficient (Wildman–Crippen LogP) is 2.68. The maximum atomic E-state index is 14.0. The van der Waals surface area contributed by atoms with Crippen molar-refractivity contribution in [2.45, 2.75) is 44.8 Å². The van der Waals surface area contributed by atoms with Gasteiger partial charge in [0.2, 0.25) is 0 Å². The molecule has 2 N–H and O–H groups in total. The molecule has 1 aromatic carbocycles. The van der Waals surface area contributed by atoms with Crippen LogP contribution in [0.15, 0.2) is 23.2 Å². The minimum Gasteiger partial charge on any atom is -0.379 e. The van der Waals surface area contributed by atoms with E-state index in [1.165, 1.54) is 18.2 Å². The number of aliphatic imine (C=N–C) groups is 1. The topological polar surface area (TPSA) is 58.1 Å². The molecule has 1 aromatic rings. The average molecular weight is 411 g/mol. The van der Waals surface area contributed by atoms with Crippen molar-refractivity contribution in [1.29, 1.82) is 0 Å². The van der Waals surface area contributed by atoms with Gasteiger partial charge in [-0.15, -0.1) is 0 Å². The molecule has 2 unspecified atom stereocenters. The van der Waals surface area contributed by atoms with E-state index in [2.05, 4.69) is 15.6 Å². The van der Waals surface area contributed by atoms with Crippen LogP contribution in [0.5, 0.6) is 0 Å². The van der Waals surface area contributed by atoms with E-state index in [-0.39, 0.29) is 17.8 Å². The maximum Gasteiger partial charge on any atom is 0.191 e. The van der Waals surface area contributed by atoms with Crippen molar-refractivity contribution in [2.24, 2.45) is 4.99 Å². The van der Waals surface area contributed by atoms with Gasteiger partial charge in [0, 0.05) is 45.4 Å². The highest BCUT2D eigenvalue weighted by molar-refractivity contribution is 5.80. The zero-order valence-corrected chi connectivity index (χ0v) is 17.1. The third-order valence-electron chi connectivity index (χ3n) is 5.17. The zero-order chi connectivity index (χ0) is 20.5. The predicted molar refractivity (Wildman–Crippen MR) is 111 cm³/mol. The van der Waals surface area contributed by atoms with Crippen molar-refractivity contribution in [3.8, 4) is 0 Å². The number of para-hydroxylation sites is 1. The van der Waals surface area contributed by atoms with E-state index in [1.807, 2.05) is 6.92 Å². The summed E-state index contributed by atoms with van der Waals surface area (Å²) in [6, 6.07) is 4.07. The van der Waals surface area contributed by atoms with Crippen molar-refractivity contribution in [2.75, 3.05) is 50.9 Å². The molecule has 0 aromatic heterocycles. The van der Waals surface area contributed by atoms with Gasteiger partial charge in [0.15, 0.2) is 5.96 Å². The van der Waals surface area contributed by atoms with E-state index in [9.17, 15) is 8.78 Å². The summed E-state index contributed by atoms with van der Waals surface area (Å²) in [7, 11) is 0. The van der Waals surface area contributed by atoms with E-state index >= 15 is 0 Å². The normalized spacial score (nSPS) is 22.3. The van der Waals surface area contributed by atoms with Crippen LogP contribution in [-0.4, -0.2) is 64.1 Å². The molecule has 0 bridgehead atoms. The van der Waals surface area contributed by atoms with Crippen molar-refractivity contribution >= 4 is 11.6 Å². The molecule has 0 saturated carbocycles. The standard InChI is InChI=1S/C21H32F2N4O2/c1-2-24-21(25-10-5-12-28-15-17-6-4-13-29-17)26-16-9-11-27(14-16)20-18(22)7-3-8-19(20)23/h3,7-8,16-17H,2,4-6,9-15H2,1H3,(H2,24,25,26). The van der Waals surface area contributed by atoms with Gasteiger partial charge in [0.25, 0.3) is 0 Å². The van der Waals surface area contributed by atoms with Crippen molar-refractivity contribution in [1.82, 2.24) is 10.6 Å². The minimum absolute atomic E-state index is 0.0575. The number of nitrogens with zero attached hydrogens (tertiary/aromatic N) is 2. The maximum absolute atomic E-state index is 14.0. The van der Waals surface area contributed by atoms with Crippen LogP contribution in [-0.2, 0) is 9.47 Å². The zero-order valence-electron chi connectivity index (χ0n) is 17.1. The number of ether oxygens (including phenoxy) is 2. The lowest BCUT2D eigenvalue weighted by atomic mass is 10.2. The number of benzene rings is 1. The molecule has 0 aliphatic carbocycles. The third-order valence-corrected chi connectivity index (χ3v) is 5.17. The first-order valence-corrected chi connectivity index (χ1v) is 10.6. The number of hydrogen-bond acceptors (Lipinski definition) is 4. The first-order chi connectivity index (χ1) is 14.2. The SMILES string of the molecule is CCNC(=NCCCOCC1CCCO1)NC1CCN(c2c(F)cccc2F)C1. The summed E-state index contributed by atoms with van der Waals surface area (Å²) >= 11 is 0. The Morgan fingerprint density at radius 2 is 2.14 bits per heavy atom. The molecule has 6 nitrogen and oxygen atoms in total. The molecular weight excluding hydrogens is 378 g/mol. The Bertz CT molecular complexity index is 648. The molecule has 2 aliphatic rings. The summed E-state index contributed by atoms with van der Waals surface area (Å²) in [6.45, 7) is 6.71. The second kappa shape index (κ2) is 11.3. The fourth-order valence-electron chi connectivity index (χ4n) is 3.73. The van der Waals surface area contributed by atoms with Crippen LogP contribution in [0.4, 0.5) is 14.5 Å². The second-order valence-electron chi connectivity index (χ2n) is 7.47. The molecule has 2 atom stereocenters. The van der Waals surface area contributed by atoms with Crippen molar-refractivity contribution in [3.05, 3.63) is 29.8 Å². The fraction of sp³-hybridized carbons (Fsp3) is 0.667. The molecule has 29 heavy (non-hydrogen) atoms. The van der Waals surface area contributed by atoms with Gasteiger partial charge < -0.3 is 25.0 Å². The van der Waals surface area contributed by atoms with E-state index < -0.39 is 11.6 Å². The molecule has 2 heterocycles. The monoisotopic (exact) mass is 410 g/mol. The molecule has 8 heteroatoms.